The van der Waals surface area contributed by atoms with E-state index in [0.29, 0.717) is 18.0 Å². The van der Waals surface area contributed by atoms with E-state index < -0.39 is 12.1 Å². The topological polar surface area (TPSA) is 96.5 Å². The number of carbonyl (C=O) groups excluding carboxylic acids is 3. The zero-order valence-electron chi connectivity index (χ0n) is 17.6. The minimum atomic E-state index is -0.714. The molecule has 0 aliphatic rings. The van der Waals surface area contributed by atoms with E-state index in [-0.39, 0.29) is 35.6 Å². The molecule has 0 unspecified atom stereocenters. The normalized spacial score (nSPS) is 13.3. The van der Waals surface area contributed by atoms with Crippen molar-refractivity contribution in [1.29, 1.82) is 0 Å². The van der Waals surface area contributed by atoms with Gasteiger partial charge >= 0.3 is 6.09 Å². The Morgan fingerprint density at radius 3 is 2.21 bits per heavy atom. The van der Waals surface area contributed by atoms with Gasteiger partial charge in [-0.25, -0.2) is 4.79 Å². The minimum absolute atomic E-state index is 0.105. The molecule has 1 aromatic heterocycles. The molecule has 2 atom stereocenters. The quantitative estimate of drug-likeness (QED) is 0.551. The molecule has 0 aliphatic carbocycles. The van der Waals surface area contributed by atoms with E-state index in [2.05, 4.69) is 16.0 Å². The summed E-state index contributed by atoms with van der Waals surface area (Å²) in [5.41, 5.74) is 0. The number of hydrogen-bond donors (Lipinski definition) is 3. The molecule has 1 heterocycles. The zero-order chi connectivity index (χ0) is 21.3. The van der Waals surface area contributed by atoms with Gasteiger partial charge in [0.2, 0.25) is 5.91 Å². The molecule has 1 aromatic rings. The number of hydrogen-bond acceptors (Lipinski definition) is 5. The molecule has 0 bridgehead atoms. The van der Waals surface area contributed by atoms with Gasteiger partial charge in [-0.2, -0.15) is 0 Å². The SMILES string of the molecule is CC(C)COC(=O)N[C@H](C(=O)N[C@H](CNC(=O)c1cccs1)C(C)C)C(C)C. The van der Waals surface area contributed by atoms with Crippen LogP contribution in [-0.2, 0) is 9.53 Å². The zero-order valence-corrected chi connectivity index (χ0v) is 18.4. The van der Waals surface area contributed by atoms with Crippen molar-refractivity contribution in [3.63, 3.8) is 0 Å². The summed E-state index contributed by atoms with van der Waals surface area (Å²) in [6, 6.07) is 2.60. The van der Waals surface area contributed by atoms with Gasteiger partial charge in [0.15, 0.2) is 0 Å². The van der Waals surface area contributed by atoms with Crippen LogP contribution in [0.15, 0.2) is 17.5 Å². The van der Waals surface area contributed by atoms with Crippen LogP contribution in [0.25, 0.3) is 0 Å². The molecular weight excluding hydrogens is 378 g/mol. The second-order valence-electron chi connectivity index (χ2n) is 7.90. The molecule has 0 radical (unpaired) electrons. The second kappa shape index (κ2) is 11.7. The van der Waals surface area contributed by atoms with Gasteiger partial charge in [0.25, 0.3) is 5.91 Å². The van der Waals surface area contributed by atoms with Crippen molar-refractivity contribution in [3.05, 3.63) is 22.4 Å². The largest absolute Gasteiger partial charge is 0.449 e. The molecule has 28 heavy (non-hydrogen) atoms. The summed E-state index contributed by atoms with van der Waals surface area (Å²) in [4.78, 5) is 37.5. The van der Waals surface area contributed by atoms with Crippen LogP contribution in [0.1, 0.15) is 51.2 Å². The summed E-state index contributed by atoms with van der Waals surface area (Å²) >= 11 is 1.37. The first-order valence-corrected chi connectivity index (χ1v) is 10.5. The first kappa shape index (κ1) is 23.9. The number of alkyl carbamates (subject to hydrolysis) is 1. The average molecular weight is 412 g/mol. The Bertz CT molecular complexity index is 629. The van der Waals surface area contributed by atoms with Gasteiger partial charge in [0, 0.05) is 12.6 Å². The Hall–Kier alpha value is -2.09. The van der Waals surface area contributed by atoms with Gasteiger partial charge in [-0.1, -0.05) is 47.6 Å². The third kappa shape index (κ3) is 8.29. The standard InChI is InChI=1S/C20H33N3O4S/c1-12(2)11-27-20(26)23-17(14(5)6)19(25)22-15(13(3)4)10-21-18(24)16-8-7-9-28-16/h7-9,12-15,17H,10-11H2,1-6H3,(H,21,24)(H,22,25)(H,23,26)/t15-,17+/m1/s1. The second-order valence-corrected chi connectivity index (χ2v) is 8.85. The smallest absolute Gasteiger partial charge is 0.407 e. The molecule has 0 saturated heterocycles. The molecule has 0 spiro atoms. The van der Waals surface area contributed by atoms with E-state index >= 15 is 0 Å². The highest BCUT2D eigenvalue weighted by atomic mass is 32.1. The molecular formula is C20H33N3O4S. The number of nitrogens with one attached hydrogen (secondary N) is 3. The summed E-state index contributed by atoms with van der Waals surface area (Å²) in [5.74, 6) is -0.242. The lowest BCUT2D eigenvalue weighted by Gasteiger charge is -2.27. The number of rotatable bonds is 10. The highest BCUT2D eigenvalue weighted by molar-refractivity contribution is 7.12. The Balaban J connectivity index is 2.65. The van der Waals surface area contributed by atoms with Crippen molar-refractivity contribution in [2.45, 2.75) is 53.6 Å². The summed E-state index contributed by atoms with van der Waals surface area (Å²) in [7, 11) is 0. The predicted molar refractivity (Wildman–Crippen MR) is 111 cm³/mol. The molecule has 3 N–H and O–H groups in total. The third-order valence-electron chi connectivity index (χ3n) is 4.13. The molecule has 0 fully saturated rings. The van der Waals surface area contributed by atoms with Gasteiger partial charge in [0.1, 0.15) is 6.04 Å². The molecule has 8 heteroatoms. The van der Waals surface area contributed by atoms with Crippen LogP contribution in [0, 0.1) is 17.8 Å². The summed E-state index contributed by atoms with van der Waals surface area (Å²) in [6.45, 7) is 12.1. The molecule has 7 nitrogen and oxygen atoms in total. The van der Waals surface area contributed by atoms with Gasteiger partial charge < -0.3 is 20.7 Å². The van der Waals surface area contributed by atoms with Crippen molar-refractivity contribution in [2.24, 2.45) is 17.8 Å². The number of amides is 3. The molecule has 1 rings (SSSR count). The van der Waals surface area contributed by atoms with Crippen molar-refractivity contribution >= 4 is 29.2 Å². The van der Waals surface area contributed by atoms with Gasteiger partial charge in [0.05, 0.1) is 11.5 Å². The van der Waals surface area contributed by atoms with Crippen molar-refractivity contribution in [3.8, 4) is 0 Å². The maximum absolute atomic E-state index is 12.8. The van der Waals surface area contributed by atoms with Crippen LogP contribution < -0.4 is 16.0 Å². The van der Waals surface area contributed by atoms with Crippen LogP contribution in [0.5, 0.6) is 0 Å². The average Bonchev–Trinajstić information content (AvgIpc) is 3.15. The van der Waals surface area contributed by atoms with Gasteiger partial charge in [-0.05, 0) is 29.2 Å². The van der Waals surface area contributed by atoms with Crippen LogP contribution >= 0.6 is 11.3 Å². The van der Waals surface area contributed by atoms with Crippen molar-refractivity contribution in [1.82, 2.24) is 16.0 Å². The predicted octanol–water partition coefficient (Wildman–Crippen LogP) is 3.03. The van der Waals surface area contributed by atoms with E-state index in [1.165, 1.54) is 11.3 Å². The Kier molecular flexibility index (Phi) is 9.99. The van der Waals surface area contributed by atoms with E-state index in [0.717, 1.165) is 0 Å². The summed E-state index contributed by atoms with van der Waals surface area (Å²) in [6.07, 6.45) is -0.602. The maximum atomic E-state index is 12.8. The highest BCUT2D eigenvalue weighted by Gasteiger charge is 2.28. The van der Waals surface area contributed by atoms with Crippen LogP contribution in [0.4, 0.5) is 4.79 Å². The fourth-order valence-corrected chi connectivity index (χ4v) is 3.01. The number of thiophene rings is 1. The van der Waals surface area contributed by atoms with Gasteiger partial charge in [-0.15, -0.1) is 11.3 Å². The summed E-state index contributed by atoms with van der Waals surface area (Å²) in [5, 5.41) is 10.3. The van der Waals surface area contributed by atoms with Crippen LogP contribution in [0.3, 0.4) is 0 Å². The lowest BCUT2D eigenvalue weighted by molar-refractivity contribution is -0.125. The van der Waals surface area contributed by atoms with Crippen molar-refractivity contribution < 1.29 is 19.1 Å². The number of ether oxygens (including phenoxy) is 1. The molecule has 0 aromatic carbocycles. The minimum Gasteiger partial charge on any atom is -0.449 e. The lowest BCUT2D eigenvalue weighted by Crippen LogP contribution is -2.55. The van der Waals surface area contributed by atoms with E-state index in [4.69, 9.17) is 4.74 Å². The van der Waals surface area contributed by atoms with E-state index in [1.54, 1.807) is 6.07 Å². The number of carbonyl (C=O) groups is 3. The first-order valence-electron chi connectivity index (χ1n) is 9.67. The fourth-order valence-electron chi connectivity index (χ4n) is 2.37. The fraction of sp³-hybridized carbons (Fsp3) is 0.650. The van der Waals surface area contributed by atoms with Gasteiger partial charge in [-0.3, -0.25) is 9.59 Å². The van der Waals surface area contributed by atoms with E-state index in [1.807, 2.05) is 53.0 Å². The first-order chi connectivity index (χ1) is 13.1. The van der Waals surface area contributed by atoms with E-state index in [9.17, 15) is 14.4 Å². The molecule has 0 aliphatic heterocycles. The lowest BCUT2D eigenvalue weighted by atomic mass is 10.0. The Morgan fingerprint density at radius 1 is 1.04 bits per heavy atom. The van der Waals surface area contributed by atoms with Crippen LogP contribution in [-0.4, -0.2) is 43.1 Å². The Morgan fingerprint density at radius 2 is 1.71 bits per heavy atom. The molecule has 0 saturated carbocycles. The Labute approximate surface area is 171 Å². The highest BCUT2D eigenvalue weighted by Crippen LogP contribution is 2.09. The summed E-state index contributed by atoms with van der Waals surface area (Å²) < 4.78 is 5.12. The van der Waals surface area contributed by atoms with Crippen LogP contribution in [0.2, 0.25) is 0 Å². The van der Waals surface area contributed by atoms with Crippen molar-refractivity contribution in [2.75, 3.05) is 13.2 Å². The maximum Gasteiger partial charge on any atom is 0.407 e. The molecule has 3 amide bonds. The monoisotopic (exact) mass is 411 g/mol. The molecule has 158 valence electrons. The third-order valence-corrected chi connectivity index (χ3v) is 5.00.